The number of sulfonamides is 1. The monoisotopic (exact) mass is 334 g/mol. The third-order valence-electron chi connectivity index (χ3n) is 2.89. The Balaban J connectivity index is 2.53. The lowest BCUT2D eigenvalue weighted by Gasteiger charge is -2.10. The van der Waals surface area contributed by atoms with Crippen molar-refractivity contribution in [3.8, 4) is 0 Å². The van der Waals surface area contributed by atoms with E-state index in [2.05, 4.69) is 29.0 Å². The summed E-state index contributed by atoms with van der Waals surface area (Å²) in [6.07, 6.45) is 4.99. The Labute approximate surface area is 132 Å². The lowest BCUT2D eigenvalue weighted by atomic mass is 10.2. The minimum atomic E-state index is -3.46. The fourth-order valence-electron chi connectivity index (χ4n) is 1.75. The van der Waals surface area contributed by atoms with E-state index in [-0.39, 0.29) is 4.90 Å². The van der Waals surface area contributed by atoms with Crippen LogP contribution in [0, 0.1) is 5.92 Å². The Morgan fingerprint density at radius 2 is 2.10 bits per heavy atom. The average molecular weight is 335 g/mol. The standard InChI is InChI=1S/C13H26N4O2S2/c1-11(2)14-5-6-17-9-13(8-15-17)21(18,19)16-7-12(3)10-20-4/h8-9,11-12,14,16H,5-7,10H2,1-4H3. The van der Waals surface area contributed by atoms with Gasteiger partial charge in [0.1, 0.15) is 4.90 Å². The second-order valence-corrected chi connectivity index (χ2v) is 8.14. The summed E-state index contributed by atoms with van der Waals surface area (Å²) in [6.45, 7) is 8.02. The molecule has 0 aliphatic carbocycles. The van der Waals surface area contributed by atoms with E-state index in [4.69, 9.17) is 0 Å². The molecule has 0 saturated carbocycles. The van der Waals surface area contributed by atoms with Gasteiger partial charge >= 0.3 is 0 Å². The van der Waals surface area contributed by atoms with E-state index in [1.54, 1.807) is 22.6 Å². The summed E-state index contributed by atoms with van der Waals surface area (Å²) in [4.78, 5) is 0.225. The molecule has 2 N–H and O–H groups in total. The lowest BCUT2D eigenvalue weighted by molar-refractivity contribution is 0.514. The molecule has 0 aliphatic heterocycles. The van der Waals surface area contributed by atoms with Gasteiger partial charge in [0.25, 0.3) is 0 Å². The van der Waals surface area contributed by atoms with Crippen molar-refractivity contribution in [3.63, 3.8) is 0 Å². The van der Waals surface area contributed by atoms with E-state index in [1.807, 2.05) is 13.2 Å². The van der Waals surface area contributed by atoms with Gasteiger partial charge in [-0.25, -0.2) is 13.1 Å². The van der Waals surface area contributed by atoms with Gasteiger partial charge in [-0.15, -0.1) is 0 Å². The van der Waals surface area contributed by atoms with Crippen LogP contribution in [0.5, 0.6) is 0 Å². The second-order valence-electron chi connectivity index (χ2n) is 5.46. The fraction of sp³-hybridized carbons (Fsp3) is 0.769. The number of nitrogens with zero attached hydrogens (tertiary/aromatic N) is 2. The molecule has 1 atom stereocenters. The summed E-state index contributed by atoms with van der Waals surface area (Å²) in [5.41, 5.74) is 0. The first-order chi connectivity index (χ1) is 9.85. The van der Waals surface area contributed by atoms with Crippen molar-refractivity contribution in [2.45, 2.75) is 38.3 Å². The van der Waals surface area contributed by atoms with Gasteiger partial charge in [0.2, 0.25) is 10.0 Å². The fourth-order valence-corrected chi connectivity index (χ4v) is 3.56. The van der Waals surface area contributed by atoms with Crippen LogP contribution < -0.4 is 10.0 Å². The predicted octanol–water partition coefficient (Wildman–Crippen LogP) is 1.16. The molecule has 6 nitrogen and oxygen atoms in total. The van der Waals surface area contributed by atoms with Gasteiger partial charge in [0, 0.05) is 25.3 Å². The van der Waals surface area contributed by atoms with Crippen molar-refractivity contribution in [1.82, 2.24) is 19.8 Å². The number of nitrogens with one attached hydrogen (secondary N) is 2. The molecular weight excluding hydrogens is 308 g/mol. The Hall–Kier alpha value is -0.570. The maximum atomic E-state index is 12.1. The molecule has 0 amide bonds. The van der Waals surface area contributed by atoms with Gasteiger partial charge in [0.15, 0.2) is 0 Å². The first-order valence-corrected chi connectivity index (χ1v) is 9.97. The zero-order chi connectivity index (χ0) is 15.9. The van der Waals surface area contributed by atoms with Gasteiger partial charge in [-0.1, -0.05) is 20.8 Å². The highest BCUT2D eigenvalue weighted by atomic mass is 32.2. The van der Waals surface area contributed by atoms with Crippen LogP contribution in [0.15, 0.2) is 17.3 Å². The largest absolute Gasteiger partial charge is 0.313 e. The molecule has 0 spiro atoms. The van der Waals surface area contributed by atoms with Crippen LogP contribution >= 0.6 is 11.8 Å². The van der Waals surface area contributed by atoms with E-state index >= 15 is 0 Å². The van der Waals surface area contributed by atoms with E-state index in [0.29, 0.717) is 25.0 Å². The number of rotatable bonds is 10. The van der Waals surface area contributed by atoms with Crippen molar-refractivity contribution in [2.75, 3.05) is 25.1 Å². The van der Waals surface area contributed by atoms with Crippen LogP contribution in [0.25, 0.3) is 0 Å². The van der Waals surface area contributed by atoms with Gasteiger partial charge in [-0.3, -0.25) is 4.68 Å². The molecule has 0 fully saturated rings. The predicted molar refractivity (Wildman–Crippen MR) is 88.1 cm³/mol. The Morgan fingerprint density at radius 1 is 1.38 bits per heavy atom. The Morgan fingerprint density at radius 3 is 2.71 bits per heavy atom. The maximum Gasteiger partial charge on any atom is 0.243 e. The van der Waals surface area contributed by atoms with Gasteiger partial charge in [-0.2, -0.15) is 16.9 Å². The summed E-state index contributed by atoms with van der Waals surface area (Å²) < 4.78 is 28.6. The Bertz CT molecular complexity index is 514. The van der Waals surface area contributed by atoms with E-state index < -0.39 is 10.0 Å². The summed E-state index contributed by atoms with van der Waals surface area (Å²) >= 11 is 1.71. The first kappa shape index (κ1) is 18.5. The zero-order valence-electron chi connectivity index (χ0n) is 13.2. The van der Waals surface area contributed by atoms with Crippen LogP contribution in [0.3, 0.4) is 0 Å². The van der Waals surface area contributed by atoms with Gasteiger partial charge < -0.3 is 5.32 Å². The third-order valence-corrected chi connectivity index (χ3v) is 5.17. The molecule has 0 saturated heterocycles. The second kappa shape index (κ2) is 8.77. The van der Waals surface area contributed by atoms with Gasteiger partial charge in [-0.05, 0) is 17.9 Å². The van der Waals surface area contributed by atoms with Crippen molar-refractivity contribution in [2.24, 2.45) is 5.92 Å². The minimum Gasteiger partial charge on any atom is -0.313 e. The molecule has 1 aromatic heterocycles. The van der Waals surface area contributed by atoms with Crippen LogP contribution in [0.4, 0.5) is 0 Å². The normalized spacial score (nSPS) is 13.8. The smallest absolute Gasteiger partial charge is 0.243 e. The lowest BCUT2D eigenvalue weighted by Crippen LogP contribution is -2.29. The molecule has 0 aliphatic rings. The van der Waals surface area contributed by atoms with Crippen molar-refractivity contribution < 1.29 is 8.42 Å². The van der Waals surface area contributed by atoms with Crippen molar-refractivity contribution in [3.05, 3.63) is 12.4 Å². The highest BCUT2D eigenvalue weighted by molar-refractivity contribution is 7.98. The molecule has 1 rings (SSSR count). The van der Waals surface area contributed by atoms with E-state index in [9.17, 15) is 8.42 Å². The summed E-state index contributed by atoms with van der Waals surface area (Å²) in [5, 5.41) is 7.36. The molecule has 122 valence electrons. The molecule has 0 aromatic carbocycles. The highest BCUT2D eigenvalue weighted by Gasteiger charge is 2.17. The number of hydrogen-bond donors (Lipinski definition) is 2. The third kappa shape index (κ3) is 6.82. The van der Waals surface area contributed by atoms with E-state index in [1.165, 1.54) is 6.20 Å². The molecule has 1 unspecified atom stereocenters. The van der Waals surface area contributed by atoms with Crippen molar-refractivity contribution >= 4 is 21.8 Å². The molecule has 1 aromatic rings. The quantitative estimate of drug-likeness (QED) is 0.671. The average Bonchev–Trinajstić information content (AvgIpc) is 2.86. The number of aromatic nitrogens is 2. The van der Waals surface area contributed by atoms with Crippen LogP contribution in [-0.4, -0.2) is 49.3 Å². The molecule has 1 heterocycles. The number of hydrogen-bond acceptors (Lipinski definition) is 5. The topological polar surface area (TPSA) is 76.0 Å². The first-order valence-electron chi connectivity index (χ1n) is 7.09. The molecule has 21 heavy (non-hydrogen) atoms. The molecular formula is C13H26N4O2S2. The van der Waals surface area contributed by atoms with E-state index in [0.717, 1.165) is 12.3 Å². The molecule has 8 heteroatoms. The van der Waals surface area contributed by atoms with Gasteiger partial charge in [0.05, 0.1) is 12.7 Å². The van der Waals surface area contributed by atoms with Crippen molar-refractivity contribution in [1.29, 1.82) is 0 Å². The van der Waals surface area contributed by atoms with Crippen LogP contribution in [-0.2, 0) is 16.6 Å². The Kier molecular flexibility index (Phi) is 7.72. The van der Waals surface area contributed by atoms with Crippen LogP contribution in [0.1, 0.15) is 20.8 Å². The highest BCUT2D eigenvalue weighted by Crippen LogP contribution is 2.09. The van der Waals surface area contributed by atoms with Crippen LogP contribution in [0.2, 0.25) is 0 Å². The summed E-state index contributed by atoms with van der Waals surface area (Å²) in [5.74, 6) is 1.24. The zero-order valence-corrected chi connectivity index (χ0v) is 14.8. The molecule has 0 bridgehead atoms. The number of thioether (sulfide) groups is 1. The maximum absolute atomic E-state index is 12.1. The SMILES string of the molecule is CSCC(C)CNS(=O)(=O)c1cnn(CCNC(C)C)c1. The molecule has 0 radical (unpaired) electrons. The summed E-state index contributed by atoms with van der Waals surface area (Å²) in [7, 11) is -3.46. The minimum absolute atomic E-state index is 0.225. The summed E-state index contributed by atoms with van der Waals surface area (Å²) in [6, 6.07) is 0.406.